The molecule has 0 rings (SSSR count). The van der Waals surface area contributed by atoms with Crippen LogP contribution >= 0.6 is 7.68 Å². The number of aliphatic hydroxyl groups is 3. The molecule has 0 fully saturated rings. The third kappa shape index (κ3) is 11.9. The summed E-state index contributed by atoms with van der Waals surface area (Å²) in [7, 11) is -3.19. The van der Waals surface area contributed by atoms with Crippen molar-refractivity contribution in [3.8, 4) is 0 Å². The second kappa shape index (κ2) is 16.0. The van der Waals surface area contributed by atoms with Crippen LogP contribution in [0.3, 0.4) is 0 Å². The molecule has 0 saturated carbocycles. The molecule has 2 atom stereocenters. The Kier molecular flexibility index (Phi) is 15.8. The Hall–Kier alpha value is -0.220. The zero-order valence-electron chi connectivity index (χ0n) is 16.0. The van der Waals surface area contributed by atoms with Crippen LogP contribution in [0.2, 0.25) is 0 Å². The van der Waals surface area contributed by atoms with E-state index in [-0.39, 0.29) is 6.42 Å². The van der Waals surface area contributed by atoms with Gasteiger partial charge in [-0.25, -0.2) is 9.13 Å². The van der Waals surface area contributed by atoms with E-state index in [1.165, 1.54) is 64.2 Å². The fraction of sp³-hybridized carbons (Fsp3) is 1.00. The fourth-order valence-corrected chi connectivity index (χ4v) is 3.77. The highest BCUT2D eigenvalue weighted by Crippen LogP contribution is 2.35. The van der Waals surface area contributed by atoms with E-state index in [0.29, 0.717) is 6.42 Å². The molecule has 0 aromatic carbocycles. The number of hydrogen-bond donors (Lipinski definition) is 3. The second-order valence-corrected chi connectivity index (χ2v) is 8.47. The van der Waals surface area contributed by atoms with Gasteiger partial charge in [0.05, 0.1) is 6.61 Å². The maximum absolute atomic E-state index is 11.1. The van der Waals surface area contributed by atoms with Gasteiger partial charge in [-0.2, -0.15) is 0 Å². The van der Waals surface area contributed by atoms with Gasteiger partial charge < -0.3 is 15.3 Å². The highest BCUT2D eigenvalue weighted by Gasteiger charge is 2.40. The molecular weight excluding hydrogens is 339 g/mol. The van der Waals surface area contributed by atoms with Crippen molar-refractivity contribution in [3.63, 3.8) is 0 Å². The van der Waals surface area contributed by atoms with Crippen LogP contribution in [-0.4, -0.2) is 33.4 Å². The minimum atomic E-state index is -3.19. The Morgan fingerprint density at radius 3 is 1.44 bits per heavy atom. The first-order chi connectivity index (χ1) is 12.0. The topological polar surface area (TPSA) is 94.8 Å². The summed E-state index contributed by atoms with van der Waals surface area (Å²) in [6.45, 7) is 1.49. The average molecular weight is 378 g/mol. The van der Waals surface area contributed by atoms with Gasteiger partial charge >= 0.3 is 7.68 Å². The summed E-state index contributed by atoms with van der Waals surface area (Å²) in [4.78, 5) is 0. The quantitative estimate of drug-likeness (QED) is 0.229. The van der Waals surface area contributed by atoms with Crippen molar-refractivity contribution >= 4 is 7.68 Å². The van der Waals surface area contributed by atoms with E-state index in [9.17, 15) is 19.3 Å². The summed E-state index contributed by atoms with van der Waals surface area (Å²) in [5.74, 6) is 0. The van der Waals surface area contributed by atoms with Gasteiger partial charge in [0.15, 0.2) is 0 Å². The lowest BCUT2D eigenvalue weighted by Gasteiger charge is -2.24. The van der Waals surface area contributed by atoms with Crippen molar-refractivity contribution in [1.29, 1.82) is 0 Å². The van der Waals surface area contributed by atoms with Crippen LogP contribution in [0.5, 0.6) is 0 Å². The number of hydrogen-bond acceptors (Lipinski definition) is 5. The highest BCUT2D eigenvalue weighted by molar-refractivity contribution is 7.32. The second-order valence-electron chi connectivity index (χ2n) is 7.18. The van der Waals surface area contributed by atoms with E-state index in [1.54, 1.807) is 0 Å². The standard InChI is InChI=1S/C19H39O5P/c1-2-3-4-5-6-7-8-9-10-11-12-13-14-15-16-19(22,25(23)24)18(21)17-20/h18,20-22H,2-17H2,1H3. The number of rotatable bonds is 18. The lowest BCUT2D eigenvalue weighted by Crippen LogP contribution is -2.40. The van der Waals surface area contributed by atoms with Crippen molar-refractivity contribution in [2.75, 3.05) is 6.61 Å². The molecule has 0 aromatic heterocycles. The Morgan fingerprint density at radius 1 is 0.760 bits per heavy atom. The van der Waals surface area contributed by atoms with Crippen LogP contribution in [0.4, 0.5) is 0 Å². The molecule has 0 radical (unpaired) electrons. The van der Waals surface area contributed by atoms with Gasteiger partial charge in [0, 0.05) is 0 Å². The molecule has 2 unspecified atom stereocenters. The van der Waals surface area contributed by atoms with Crippen molar-refractivity contribution in [2.24, 2.45) is 0 Å². The van der Waals surface area contributed by atoms with Crippen molar-refractivity contribution in [2.45, 2.75) is 115 Å². The first kappa shape index (κ1) is 24.8. The molecule has 0 aliphatic rings. The van der Waals surface area contributed by atoms with Crippen LogP contribution in [0, 0.1) is 0 Å². The first-order valence-electron chi connectivity index (χ1n) is 10.1. The predicted molar refractivity (Wildman–Crippen MR) is 101 cm³/mol. The zero-order valence-corrected chi connectivity index (χ0v) is 16.9. The van der Waals surface area contributed by atoms with Gasteiger partial charge in [0.2, 0.25) is 5.34 Å². The third-order valence-electron chi connectivity index (χ3n) is 4.92. The van der Waals surface area contributed by atoms with E-state index in [4.69, 9.17) is 5.11 Å². The average Bonchev–Trinajstić information content (AvgIpc) is 2.60. The van der Waals surface area contributed by atoms with Gasteiger partial charge in [0.25, 0.3) is 0 Å². The molecule has 0 saturated heterocycles. The van der Waals surface area contributed by atoms with Gasteiger partial charge in [-0.05, 0) is 12.8 Å². The first-order valence-corrected chi connectivity index (χ1v) is 11.3. The highest BCUT2D eigenvalue weighted by atomic mass is 31.1. The molecular formula is C19H39O5P. The largest absolute Gasteiger partial charge is 0.394 e. The van der Waals surface area contributed by atoms with Crippen molar-refractivity contribution in [3.05, 3.63) is 0 Å². The minimum Gasteiger partial charge on any atom is -0.394 e. The van der Waals surface area contributed by atoms with Gasteiger partial charge in [-0.1, -0.05) is 90.4 Å². The van der Waals surface area contributed by atoms with Crippen molar-refractivity contribution < 1.29 is 24.4 Å². The van der Waals surface area contributed by atoms with Crippen molar-refractivity contribution in [1.82, 2.24) is 0 Å². The molecule has 0 aliphatic heterocycles. The van der Waals surface area contributed by atoms with Crippen LogP contribution < -0.4 is 0 Å². The molecule has 6 heteroatoms. The Labute approximate surface area is 154 Å². The molecule has 0 heterocycles. The summed E-state index contributed by atoms with van der Waals surface area (Å²) in [5, 5.41) is 26.1. The normalized spacial score (nSPS) is 15.0. The Balaban J connectivity index is 3.49. The lowest BCUT2D eigenvalue weighted by molar-refractivity contribution is -0.0478. The molecule has 5 nitrogen and oxygen atoms in total. The molecule has 0 amide bonds. The van der Waals surface area contributed by atoms with Gasteiger partial charge in [0.1, 0.15) is 6.10 Å². The SMILES string of the molecule is CCCCCCCCCCCCCCCCC(O)(C(O)CO)P(=O)=O. The van der Waals surface area contributed by atoms with Crippen LogP contribution in [0.1, 0.15) is 103 Å². The number of aliphatic hydroxyl groups excluding tert-OH is 2. The Morgan fingerprint density at radius 2 is 1.12 bits per heavy atom. The van der Waals surface area contributed by atoms with Gasteiger partial charge in [-0.3, -0.25) is 0 Å². The summed E-state index contributed by atoms with van der Waals surface area (Å²) in [6.07, 6.45) is 15.1. The molecule has 0 aliphatic carbocycles. The maximum Gasteiger partial charge on any atom is 0.350 e. The third-order valence-corrected chi connectivity index (χ3v) is 6.08. The molecule has 0 aromatic rings. The molecule has 0 spiro atoms. The van der Waals surface area contributed by atoms with E-state index in [1.807, 2.05) is 0 Å². The summed E-state index contributed by atoms with van der Waals surface area (Å²) < 4.78 is 22.2. The number of unbranched alkanes of at least 4 members (excludes halogenated alkanes) is 13. The summed E-state index contributed by atoms with van der Waals surface area (Å²) >= 11 is 0. The predicted octanol–water partition coefficient (Wildman–Crippen LogP) is 5.07. The minimum absolute atomic E-state index is 0.0224. The monoisotopic (exact) mass is 378 g/mol. The van der Waals surface area contributed by atoms with Crippen LogP contribution in [0.15, 0.2) is 0 Å². The summed E-state index contributed by atoms with van der Waals surface area (Å²) in [6, 6.07) is 0. The zero-order chi connectivity index (χ0) is 19.0. The van der Waals surface area contributed by atoms with Crippen LogP contribution in [-0.2, 0) is 9.13 Å². The maximum atomic E-state index is 11.1. The molecule has 3 N–H and O–H groups in total. The molecule has 25 heavy (non-hydrogen) atoms. The van der Waals surface area contributed by atoms with Crippen LogP contribution in [0.25, 0.3) is 0 Å². The summed E-state index contributed by atoms with van der Waals surface area (Å²) in [5.41, 5.74) is 0. The molecule has 150 valence electrons. The lowest BCUT2D eigenvalue weighted by atomic mass is 10.0. The molecule has 0 bridgehead atoms. The smallest absolute Gasteiger partial charge is 0.350 e. The van der Waals surface area contributed by atoms with Gasteiger partial charge in [-0.15, -0.1) is 0 Å². The fourth-order valence-electron chi connectivity index (χ4n) is 3.11. The van der Waals surface area contributed by atoms with E-state index >= 15 is 0 Å². The van der Waals surface area contributed by atoms with E-state index in [0.717, 1.165) is 19.3 Å². The Bertz CT molecular complexity index is 365. The van der Waals surface area contributed by atoms with E-state index < -0.39 is 25.7 Å². The van der Waals surface area contributed by atoms with E-state index in [2.05, 4.69) is 6.92 Å².